The number of pyridine rings is 2. The summed E-state index contributed by atoms with van der Waals surface area (Å²) in [6.45, 7) is 12.9. The molecule has 0 radical (unpaired) electrons. The Labute approximate surface area is 338 Å². The van der Waals surface area contributed by atoms with E-state index in [0.717, 1.165) is 61.1 Å². The van der Waals surface area contributed by atoms with Gasteiger partial charge in [-0.25, -0.2) is 31.9 Å². The van der Waals surface area contributed by atoms with Gasteiger partial charge in [0, 0.05) is 22.5 Å². The van der Waals surface area contributed by atoms with Crippen molar-refractivity contribution in [2.45, 2.75) is 52.4 Å². The molecule has 4 aromatic carbocycles. The molecule has 0 spiro atoms. The summed E-state index contributed by atoms with van der Waals surface area (Å²) in [5.41, 5.74) is 4.57. The molecule has 0 bridgehead atoms. The summed E-state index contributed by atoms with van der Waals surface area (Å²) in [6, 6.07) is 31.1. The number of fused-ring (bicyclic) bond motifs is 6. The zero-order chi connectivity index (χ0) is 39.4. The standard InChI is InChI=1S/C45H33F5N6.Pt/c1-44(2,3)23-11-16-34-29(19-23)28-14-15-30(31-22-32(54-53-31)37-38(46)40(48)42(50)41(49)39(37)47)52-43(28)55(34)25-12-13-27-26-9-7-8-10-33(26)56(35(27)21-25)36-20-24(17-18-51-36)45(4,5)6;/h7-20,22H,1-6H3;/q-2;+2. The second-order valence-corrected chi connectivity index (χ2v) is 16.1. The average molecular weight is 948 g/mol. The second-order valence-electron chi connectivity index (χ2n) is 16.1. The third kappa shape index (κ3) is 6.06. The number of hydrogen-bond donors (Lipinski definition) is 0. The number of aromatic nitrogens is 6. The van der Waals surface area contributed by atoms with Gasteiger partial charge in [0.1, 0.15) is 11.5 Å². The minimum absolute atomic E-state index is 0. The van der Waals surface area contributed by atoms with E-state index in [0.29, 0.717) is 11.3 Å². The molecule has 0 saturated carbocycles. The van der Waals surface area contributed by atoms with Gasteiger partial charge in [0.05, 0.1) is 22.5 Å². The molecule has 0 unspecified atom stereocenters. The van der Waals surface area contributed by atoms with Gasteiger partial charge in [-0.3, -0.25) is 0 Å². The van der Waals surface area contributed by atoms with Gasteiger partial charge in [0.15, 0.2) is 23.3 Å². The first kappa shape index (κ1) is 38.2. The van der Waals surface area contributed by atoms with Crippen LogP contribution in [0.2, 0.25) is 0 Å². The molecular formula is C45H33F5N6Pt. The van der Waals surface area contributed by atoms with Crippen LogP contribution in [0, 0.1) is 35.2 Å². The predicted octanol–water partition coefficient (Wildman–Crippen LogP) is 11.4. The van der Waals surface area contributed by atoms with Crippen LogP contribution in [0.5, 0.6) is 0 Å². The van der Waals surface area contributed by atoms with Crippen LogP contribution in [0.4, 0.5) is 22.0 Å². The summed E-state index contributed by atoms with van der Waals surface area (Å²) in [7, 11) is 0. The number of rotatable bonds is 4. The maximum Gasteiger partial charge on any atom is 2.00 e. The van der Waals surface area contributed by atoms with Crippen LogP contribution in [0.3, 0.4) is 0 Å². The van der Waals surface area contributed by atoms with Gasteiger partial charge in [-0.1, -0.05) is 82.7 Å². The molecule has 0 amide bonds. The number of hydrogen-bond acceptors (Lipinski definition) is 3. The first-order valence-corrected chi connectivity index (χ1v) is 18.0. The van der Waals surface area contributed by atoms with E-state index < -0.39 is 40.3 Å². The summed E-state index contributed by atoms with van der Waals surface area (Å²) < 4.78 is 75.7. The number of nitrogens with zero attached hydrogens (tertiary/aromatic N) is 6. The molecule has 9 rings (SSSR count). The monoisotopic (exact) mass is 947 g/mol. The average Bonchev–Trinajstić information content (AvgIpc) is 3.88. The molecule has 9 aromatic rings. The van der Waals surface area contributed by atoms with Crippen molar-refractivity contribution in [3.05, 3.63) is 137 Å². The molecule has 0 aliphatic carbocycles. The summed E-state index contributed by atoms with van der Waals surface area (Å²) in [4.78, 5) is 9.84. The van der Waals surface area contributed by atoms with Crippen LogP contribution in [-0.2, 0) is 31.9 Å². The molecule has 5 aromatic heterocycles. The van der Waals surface area contributed by atoms with Crippen molar-refractivity contribution in [1.82, 2.24) is 29.3 Å². The maximum absolute atomic E-state index is 14.8. The molecule has 5 heterocycles. The van der Waals surface area contributed by atoms with E-state index in [1.807, 2.05) is 41.1 Å². The Morgan fingerprint density at radius 2 is 1.25 bits per heavy atom. The third-order valence-electron chi connectivity index (χ3n) is 10.4. The summed E-state index contributed by atoms with van der Waals surface area (Å²) in [6.07, 6.45) is 1.83. The van der Waals surface area contributed by atoms with Crippen molar-refractivity contribution in [3.63, 3.8) is 0 Å². The van der Waals surface area contributed by atoms with Gasteiger partial charge in [-0.15, -0.1) is 17.5 Å². The topological polar surface area (TPSA) is 62.6 Å². The molecule has 6 nitrogen and oxygen atoms in total. The SMILES string of the molecule is CC(C)(C)c1ccnc(-n2c3[c-]c(-n4c5ccc(C(C)(C)C)cc5c5ccc(-c6cc(-c7c(F)c(F)c(F)c(F)c7F)n[n-]6)nc54)ccc3c3ccccc32)c1.[Pt+2]. The molecule has 12 heteroatoms. The molecule has 0 N–H and O–H groups in total. The van der Waals surface area contributed by atoms with Crippen molar-refractivity contribution in [3.8, 4) is 34.2 Å². The van der Waals surface area contributed by atoms with Crippen molar-refractivity contribution >= 4 is 43.7 Å². The molecule has 57 heavy (non-hydrogen) atoms. The fourth-order valence-electron chi connectivity index (χ4n) is 7.37. The number of halogens is 5. The van der Waals surface area contributed by atoms with Crippen LogP contribution in [0.1, 0.15) is 52.7 Å². The zero-order valence-corrected chi connectivity index (χ0v) is 33.8. The zero-order valence-electron chi connectivity index (χ0n) is 31.5. The normalized spacial score (nSPS) is 12.3. The minimum atomic E-state index is -2.25. The van der Waals surface area contributed by atoms with Crippen LogP contribution in [0.25, 0.3) is 77.9 Å². The third-order valence-corrected chi connectivity index (χ3v) is 10.4. The quantitative estimate of drug-likeness (QED) is 0.0763. The van der Waals surface area contributed by atoms with E-state index in [1.54, 1.807) is 6.07 Å². The first-order valence-electron chi connectivity index (χ1n) is 18.0. The molecule has 0 aliphatic heterocycles. The van der Waals surface area contributed by atoms with E-state index in [4.69, 9.17) is 9.97 Å². The number of benzene rings is 4. The van der Waals surface area contributed by atoms with Gasteiger partial charge in [-0.2, -0.15) is 6.07 Å². The Morgan fingerprint density at radius 3 is 1.96 bits per heavy atom. The molecule has 0 atom stereocenters. The van der Waals surface area contributed by atoms with Gasteiger partial charge in [0.2, 0.25) is 5.82 Å². The summed E-state index contributed by atoms with van der Waals surface area (Å²) >= 11 is 0. The van der Waals surface area contributed by atoms with Gasteiger partial charge in [0.25, 0.3) is 0 Å². The molecular weight excluding hydrogens is 915 g/mol. The van der Waals surface area contributed by atoms with Crippen molar-refractivity contribution in [1.29, 1.82) is 0 Å². The van der Waals surface area contributed by atoms with E-state index >= 15 is 0 Å². The van der Waals surface area contributed by atoms with Gasteiger partial charge < -0.3 is 19.3 Å². The van der Waals surface area contributed by atoms with Crippen LogP contribution < -0.4 is 5.10 Å². The van der Waals surface area contributed by atoms with E-state index in [2.05, 4.69) is 105 Å². The Morgan fingerprint density at radius 1 is 0.596 bits per heavy atom. The summed E-state index contributed by atoms with van der Waals surface area (Å²) in [5.74, 6) is -9.60. The van der Waals surface area contributed by atoms with Crippen molar-refractivity contribution in [2.24, 2.45) is 0 Å². The van der Waals surface area contributed by atoms with Crippen LogP contribution in [-0.4, -0.2) is 24.2 Å². The Hall–Kier alpha value is -5.67. The molecule has 0 fully saturated rings. The largest absolute Gasteiger partial charge is 2.00 e. The Kier molecular flexibility index (Phi) is 9.03. The predicted molar refractivity (Wildman–Crippen MR) is 209 cm³/mol. The maximum atomic E-state index is 14.8. The second kappa shape index (κ2) is 13.5. The summed E-state index contributed by atoms with van der Waals surface area (Å²) in [5, 5.41) is 11.7. The first-order chi connectivity index (χ1) is 26.6. The van der Waals surface area contributed by atoms with E-state index in [-0.39, 0.29) is 43.3 Å². The van der Waals surface area contributed by atoms with E-state index in [9.17, 15) is 22.0 Å². The molecule has 0 aliphatic rings. The van der Waals surface area contributed by atoms with E-state index in [1.165, 1.54) is 0 Å². The van der Waals surface area contributed by atoms with Crippen molar-refractivity contribution < 1.29 is 43.0 Å². The smallest absolute Gasteiger partial charge is 0.573 e. The fraction of sp³-hybridized carbons (Fsp3) is 0.178. The van der Waals surface area contributed by atoms with Gasteiger partial charge in [-0.05, 0) is 75.9 Å². The Balaban J connectivity index is 0.00000455. The Bertz CT molecular complexity index is 3050. The number of para-hydroxylation sites is 1. The van der Waals surface area contributed by atoms with Gasteiger partial charge >= 0.3 is 21.1 Å². The van der Waals surface area contributed by atoms with Crippen molar-refractivity contribution in [2.75, 3.05) is 0 Å². The fourth-order valence-corrected chi connectivity index (χ4v) is 7.37. The van der Waals surface area contributed by atoms with Crippen LogP contribution in [0.15, 0.2) is 91.1 Å². The van der Waals surface area contributed by atoms with Crippen LogP contribution >= 0.6 is 0 Å². The molecule has 288 valence electrons. The molecule has 0 saturated heterocycles. The minimum Gasteiger partial charge on any atom is -0.573 e.